The molecule has 35 heavy (non-hydrogen) atoms. The summed E-state index contributed by atoms with van der Waals surface area (Å²) in [6.07, 6.45) is 2.73. The van der Waals surface area contributed by atoms with E-state index in [4.69, 9.17) is 0 Å². The van der Waals surface area contributed by atoms with E-state index in [9.17, 15) is 17.6 Å². The van der Waals surface area contributed by atoms with E-state index in [1.807, 2.05) is 24.3 Å². The number of anilines is 1. The van der Waals surface area contributed by atoms with Crippen LogP contribution in [0.5, 0.6) is 0 Å². The molecule has 4 aromatic rings. The van der Waals surface area contributed by atoms with Gasteiger partial charge in [-0.15, -0.1) is 0 Å². The first-order chi connectivity index (χ1) is 16.9. The van der Waals surface area contributed by atoms with E-state index in [1.165, 1.54) is 22.5 Å². The number of hydrogen-bond donors (Lipinski definition) is 1. The first kappa shape index (κ1) is 23.1. The molecule has 8 heteroatoms. The Morgan fingerprint density at radius 3 is 2.40 bits per heavy atom. The van der Waals surface area contributed by atoms with Gasteiger partial charge < -0.3 is 5.32 Å². The molecule has 1 fully saturated rings. The number of rotatable bonds is 5. The predicted octanol–water partition coefficient (Wildman–Crippen LogP) is 5.47. The Balaban J connectivity index is 1.48. The first-order valence-electron chi connectivity index (χ1n) is 11.5. The number of benzene rings is 3. The topological polar surface area (TPSA) is 79.4 Å². The second-order valence-electron chi connectivity index (χ2n) is 8.53. The third-order valence-corrected chi connectivity index (χ3v) is 8.04. The normalized spacial score (nSPS) is 14.7. The molecule has 0 spiro atoms. The molecule has 3 aromatic carbocycles. The molecular weight excluding hydrogens is 465 g/mol. The van der Waals surface area contributed by atoms with Crippen LogP contribution in [0.3, 0.4) is 0 Å². The van der Waals surface area contributed by atoms with Crippen molar-refractivity contribution in [3.63, 3.8) is 0 Å². The summed E-state index contributed by atoms with van der Waals surface area (Å²) < 4.78 is 41.1. The molecule has 0 radical (unpaired) electrons. The number of amides is 1. The zero-order chi connectivity index (χ0) is 24.4. The lowest BCUT2D eigenvalue weighted by molar-refractivity contribution is 0.102. The lowest BCUT2D eigenvalue weighted by atomic mass is 10.0. The van der Waals surface area contributed by atoms with Crippen molar-refractivity contribution in [3.05, 3.63) is 90.2 Å². The van der Waals surface area contributed by atoms with Crippen LogP contribution in [-0.4, -0.2) is 36.7 Å². The fraction of sp³-hybridized carbons (Fsp3) is 0.185. The van der Waals surface area contributed by atoms with Crippen LogP contribution in [-0.2, 0) is 10.0 Å². The minimum atomic E-state index is -3.62. The number of carbonyl (C=O) groups is 1. The summed E-state index contributed by atoms with van der Waals surface area (Å²) in [7, 11) is -3.62. The van der Waals surface area contributed by atoms with Crippen molar-refractivity contribution in [3.8, 4) is 11.3 Å². The van der Waals surface area contributed by atoms with Gasteiger partial charge in [0, 0.05) is 29.7 Å². The Morgan fingerprint density at radius 2 is 1.63 bits per heavy atom. The molecule has 1 aliphatic heterocycles. The van der Waals surface area contributed by atoms with E-state index in [0.717, 1.165) is 19.3 Å². The van der Waals surface area contributed by atoms with Gasteiger partial charge in [-0.25, -0.2) is 17.8 Å². The summed E-state index contributed by atoms with van der Waals surface area (Å²) >= 11 is 0. The number of halogens is 1. The average Bonchev–Trinajstić information content (AvgIpc) is 2.89. The number of aromatic nitrogens is 1. The van der Waals surface area contributed by atoms with Gasteiger partial charge in [0.2, 0.25) is 10.0 Å². The molecule has 0 bridgehead atoms. The van der Waals surface area contributed by atoms with Gasteiger partial charge in [-0.1, -0.05) is 30.7 Å². The predicted molar refractivity (Wildman–Crippen MR) is 134 cm³/mol. The Kier molecular flexibility index (Phi) is 6.32. The lowest BCUT2D eigenvalue weighted by Crippen LogP contribution is -2.35. The highest BCUT2D eigenvalue weighted by molar-refractivity contribution is 7.89. The maximum atomic E-state index is 13.4. The molecule has 1 aliphatic rings. The summed E-state index contributed by atoms with van der Waals surface area (Å²) in [5.41, 5.74) is 2.62. The molecular formula is C27H24FN3O3S. The monoisotopic (exact) mass is 489 g/mol. The van der Waals surface area contributed by atoms with Crippen molar-refractivity contribution in [1.82, 2.24) is 9.29 Å². The molecule has 1 saturated heterocycles. The number of hydrogen-bond acceptors (Lipinski definition) is 4. The highest BCUT2D eigenvalue weighted by Gasteiger charge is 2.26. The van der Waals surface area contributed by atoms with Gasteiger partial charge in [-0.2, -0.15) is 4.31 Å². The van der Waals surface area contributed by atoms with Gasteiger partial charge >= 0.3 is 0 Å². The Bertz CT molecular complexity index is 1500. The molecule has 6 nitrogen and oxygen atoms in total. The van der Waals surface area contributed by atoms with E-state index in [0.29, 0.717) is 46.5 Å². The number of para-hydroxylation sites is 1. The van der Waals surface area contributed by atoms with Crippen LogP contribution in [0.15, 0.2) is 83.8 Å². The molecule has 0 atom stereocenters. The van der Waals surface area contributed by atoms with Crippen LogP contribution >= 0.6 is 0 Å². The van der Waals surface area contributed by atoms with Gasteiger partial charge in [0.05, 0.1) is 21.7 Å². The maximum Gasteiger partial charge on any atom is 0.256 e. The maximum absolute atomic E-state index is 13.4. The smallest absolute Gasteiger partial charge is 0.256 e. The van der Waals surface area contributed by atoms with Crippen LogP contribution in [0.4, 0.5) is 10.1 Å². The zero-order valence-corrected chi connectivity index (χ0v) is 19.8. The number of nitrogens with zero attached hydrogens (tertiary/aromatic N) is 2. The third kappa shape index (κ3) is 4.80. The Hall–Kier alpha value is -3.62. The van der Waals surface area contributed by atoms with E-state index in [2.05, 4.69) is 10.3 Å². The van der Waals surface area contributed by atoms with Crippen LogP contribution in [0.2, 0.25) is 0 Å². The fourth-order valence-electron chi connectivity index (χ4n) is 4.32. The number of pyridine rings is 1. The van der Waals surface area contributed by atoms with Crippen molar-refractivity contribution in [2.45, 2.75) is 24.2 Å². The Morgan fingerprint density at radius 1 is 0.886 bits per heavy atom. The molecule has 1 aromatic heterocycles. The van der Waals surface area contributed by atoms with Crippen LogP contribution in [0.25, 0.3) is 22.2 Å². The Labute approximate surface area is 203 Å². The fourth-order valence-corrected chi connectivity index (χ4v) is 5.88. The SMILES string of the molecule is O=C(Nc1cccc(S(=O)(=O)N2CCCCC2)c1)c1cc(-c2ccc(F)cc2)nc2ccccc12. The summed E-state index contributed by atoms with van der Waals surface area (Å²) in [4.78, 5) is 18.2. The summed E-state index contributed by atoms with van der Waals surface area (Å²) in [5, 5.41) is 3.50. The van der Waals surface area contributed by atoms with Crippen molar-refractivity contribution in [1.29, 1.82) is 0 Å². The largest absolute Gasteiger partial charge is 0.322 e. The summed E-state index contributed by atoms with van der Waals surface area (Å²) in [5.74, 6) is -0.744. The van der Waals surface area contributed by atoms with Gasteiger partial charge in [0.15, 0.2) is 0 Å². The summed E-state index contributed by atoms with van der Waals surface area (Å²) in [6, 6.07) is 21.2. The minimum absolute atomic E-state index is 0.156. The highest BCUT2D eigenvalue weighted by atomic mass is 32.2. The molecule has 0 aliphatic carbocycles. The van der Waals surface area contributed by atoms with Crippen molar-refractivity contribution >= 4 is 32.5 Å². The molecule has 5 rings (SSSR count). The second-order valence-corrected chi connectivity index (χ2v) is 10.5. The molecule has 0 unspecified atom stereocenters. The number of carbonyl (C=O) groups excluding carboxylic acids is 1. The van der Waals surface area contributed by atoms with E-state index >= 15 is 0 Å². The third-order valence-electron chi connectivity index (χ3n) is 6.15. The second kappa shape index (κ2) is 9.56. The van der Waals surface area contributed by atoms with Crippen molar-refractivity contribution in [2.75, 3.05) is 18.4 Å². The number of nitrogens with one attached hydrogen (secondary N) is 1. The van der Waals surface area contributed by atoms with Gasteiger partial charge in [-0.3, -0.25) is 4.79 Å². The quantitative estimate of drug-likeness (QED) is 0.403. The van der Waals surface area contributed by atoms with Crippen molar-refractivity contribution < 1.29 is 17.6 Å². The lowest BCUT2D eigenvalue weighted by Gasteiger charge is -2.26. The molecule has 1 amide bonds. The molecule has 0 saturated carbocycles. The first-order valence-corrected chi connectivity index (χ1v) is 12.9. The van der Waals surface area contributed by atoms with Crippen molar-refractivity contribution in [2.24, 2.45) is 0 Å². The van der Waals surface area contributed by atoms with Gasteiger partial charge in [0.25, 0.3) is 5.91 Å². The number of sulfonamides is 1. The van der Waals surface area contributed by atoms with E-state index < -0.39 is 10.0 Å². The zero-order valence-electron chi connectivity index (χ0n) is 18.9. The van der Waals surface area contributed by atoms with E-state index in [1.54, 1.807) is 36.4 Å². The number of piperidine rings is 1. The van der Waals surface area contributed by atoms with Crippen LogP contribution in [0.1, 0.15) is 29.6 Å². The highest BCUT2D eigenvalue weighted by Crippen LogP contribution is 2.27. The minimum Gasteiger partial charge on any atom is -0.322 e. The van der Waals surface area contributed by atoms with Crippen LogP contribution < -0.4 is 5.32 Å². The molecule has 1 N–H and O–H groups in total. The van der Waals surface area contributed by atoms with Gasteiger partial charge in [-0.05, 0) is 67.4 Å². The van der Waals surface area contributed by atoms with Gasteiger partial charge in [0.1, 0.15) is 5.82 Å². The molecule has 2 heterocycles. The average molecular weight is 490 g/mol. The summed E-state index contributed by atoms with van der Waals surface area (Å²) in [6.45, 7) is 1.02. The molecule has 178 valence electrons. The van der Waals surface area contributed by atoms with E-state index in [-0.39, 0.29) is 16.6 Å². The number of fused-ring (bicyclic) bond motifs is 1. The van der Waals surface area contributed by atoms with Crippen LogP contribution in [0, 0.1) is 5.82 Å². The standard InChI is InChI=1S/C27H24FN3O3S/c28-20-13-11-19(12-14-20)26-18-24(23-9-2-3-10-25(23)30-26)27(32)29-21-7-6-8-22(17-21)35(33,34)31-15-4-1-5-16-31/h2-3,6-14,17-18H,1,4-5,15-16H2,(H,29,32).